The van der Waals surface area contributed by atoms with Crippen molar-refractivity contribution < 1.29 is 9.53 Å². The molecule has 0 spiro atoms. The molecule has 0 saturated carbocycles. The average Bonchev–Trinajstić information content (AvgIpc) is 3.05. The molecule has 0 fully saturated rings. The van der Waals surface area contributed by atoms with Gasteiger partial charge in [0.1, 0.15) is 5.75 Å². The lowest BCUT2D eigenvalue weighted by Gasteiger charge is -2.25. The minimum absolute atomic E-state index is 0.0214. The number of aromatic amines is 1. The number of fused-ring (bicyclic) bond motifs is 1. The molecule has 26 heavy (non-hydrogen) atoms. The van der Waals surface area contributed by atoms with Crippen LogP contribution in [0, 0.1) is 0 Å². The number of hydrogen-bond acceptors (Lipinski definition) is 2. The molecule has 0 aliphatic rings. The van der Waals surface area contributed by atoms with E-state index in [2.05, 4.69) is 24.1 Å². The van der Waals surface area contributed by atoms with Crippen LogP contribution >= 0.6 is 11.6 Å². The predicted molar refractivity (Wildman–Crippen MR) is 106 cm³/mol. The van der Waals surface area contributed by atoms with Crippen LogP contribution in [0.2, 0.25) is 5.02 Å². The minimum atomic E-state index is -0.223. The number of carbonyl (C=O) groups is 1. The molecule has 3 aromatic rings. The summed E-state index contributed by atoms with van der Waals surface area (Å²) in [5, 5.41) is 4.80. The molecule has 2 N–H and O–H groups in total. The maximum Gasteiger partial charge on any atom is 0.223 e. The fourth-order valence-corrected chi connectivity index (χ4v) is 3.11. The van der Waals surface area contributed by atoms with Gasteiger partial charge in [-0.2, -0.15) is 0 Å². The van der Waals surface area contributed by atoms with Gasteiger partial charge < -0.3 is 15.0 Å². The summed E-state index contributed by atoms with van der Waals surface area (Å²) in [5.41, 5.74) is 1.95. The molecule has 1 amide bonds. The van der Waals surface area contributed by atoms with Gasteiger partial charge in [0.05, 0.1) is 13.0 Å². The first-order chi connectivity index (χ1) is 12.5. The first-order valence-electron chi connectivity index (χ1n) is 8.67. The van der Waals surface area contributed by atoms with E-state index in [1.54, 1.807) is 0 Å². The molecule has 0 unspecified atom stereocenters. The van der Waals surface area contributed by atoms with E-state index in [9.17, 15) is 4.79 Å². The number of rotatable bonds is 7. The standard InChI is InChI=1S/C21H23ClN2O2/c1-21(2,18-13-23-19-9-8-15(22)12-17(18)19)14-24-20(25)10-11-26-16-6-4-3-5-7-16/h3-9,12-13,23H,10-11,14H2,1-2H3,(H,24,25). The van der Waals surface area contributed by atoms with Crippen LogP contribution in [0.15, 0.2) is 54.7 Å². The summed E-state index contributed by atoms with van der Waals surface area (Å²) < 4.78 is 5.57. The van der Waals surface area contributed by atoms with E-state index in [0.717, 1.165) is 22.2 Å². The van der Waals surface area contributed by atoms with E-state index in [0.29, 0.717) is 24.6 Å². The maximum absolute atomic E-state index is 12.1. The summed E-state index contributed by atoms with van der Waals surface area (Å²) >= 11 is 6.14. The first kappa shape index (κ1) is 18.3. The van der Waals surface area contributed by atoms with Crippen molar-refractivity contribution in [1.82, 2.24) is 10.3 Å². The zero-order valence-electron chi connectivity index (χ0n) is 15.0. The number of para-hydroxylation sites is 1. The number of amides is 1. The Kier molecular flexibility index (Phi) is 5.52. The number of ether oxygens (including phenoxy) is 1. The van der Waals surface area contributed by atoms with Gasteiger partial charge in [0.2, 0.25) is 5.91 Å². The van der Waals surface area contributed by atoms with Crippen LogP contribution in [0.1, 0.15) is 25.8 Å². The monoisotopic (exact) mass is 370 g/mol. The summed E-state index contributed by atoms with van der Waals surface area (Å²) in [6, 6.07) is 15.3. The normalized spacial score (nSPS) is 11.5. The second-order valence-electron chi connectivity index (χ2n) is 6.96. The Morgan fingerprint density at radius 3 is 2.73 bits per heavy atom. The van der Waals surface area contributed by atoms with E-state index >= 15 is 0 Å². The van der Waals surface area contributed by atoms with E-state index in [4.69, 9.17) is 16.3 Å². The number of nitrogens with one attached hydrogen (secondary N) is 2. The van der Waals surface area contributed by atoms with Crippen molar-refractivity contribution in [3.8, 4) is 5.75 Å². The lowest BCUT2D eigenvalue weighted by molar-refractivity contribution is -0.121. The SMILES string of the molecule is CC(C)(CNC(=O)CCOc1ccccc1)c1c[nH]c2ccc(Cl)cc12. The van der Waals surface area contributed by atoms with Gasteiger partial charge in [-0.3, -0.25) is 4.79 Å². The van der Waals surface area contributed by atoms with Crippen LogP contribution < -0.4 is 10.1 Å². The topological polar surface area (TPSA) is 54.1 Å². The number of aromatic nitrogens is 1. The van der Waals surface area contributed by atoms with Crippen LogP contribution in [-0.4, -0.2) is 24.0 Å². The Labute approximate surface area is 158 Å². The van der Waals surface area contributed by atoms with E-state index in [1.807, 2.05) is 54.7 Å². The van der Waals surface area contributed by atoms with Crippen molar-refractivity contribution in [2.45, 2.75) is 25.7 Å². The average molecular weight is 371 g/mol. The third-order valence-electron chi connectivity index (χ3n) is 4.44. The van der Waals surface area contributed by atoms with Gasteiger partial charge >= 0.3 is 0 Å². The highest BCUT2D eigenvalue weighted by Crippen LogP contribution is 2.31. The van der Waals surface area contributed by atoms with E-state index in [-0.39, 0.29) is 11.3 Å². The van der Waals surface area contributed by atoms with Gasteiger partial charge in [-0.05, 0) is 35.9 Å². The van der Waals surface area contributed by atoms with Gasteiger partial charge in [0.25, 0.3) is 0 Å². The van der Waals surface area contributed by atoms with Gasteiger partial charge in [0.15, 0.2) is 0 Å². The van der Waals surface area contributed by atoms with Crippen LogP contribution in [-0.2, 0) is 10.2 Å². The number of hydrogen-bond donors (Lipinski definition) is 2. The van der Waals surface area contributed by atoms with E-state index < -0.39 is 0 Å². The molecule has 0 saturated heterocycles. The zero-order valence-corrected chi connectivity index (χ0v) is 15.8. The number of benzene rings is 2. The molecule has 0 aliphatic heterocycles. The second kappa shape index (κ2) is 7.83. The Morgan fingerprint density at radius 2 is 1.96 bits per heavy atom. The van der Waals surface area contributed by atoms with Crippen LogP contribution in [0.25, 0.3) is 10.9 Å². The van der Waals surface area contributed by atoms with Crippen LogP contribution in [0.4, 0.5) is 0 Å². The van der Waals surface area contributed by atoms with Crippen molar-refractivity contribution in [3.63, 3.8) is 0 Å². The smallest absolute Gasteiger partial charge is 0.223 e. The van der Waals surface area contributed by atoms with Crippen molar-refractivity contribution in [2.24, 2.45) is 0 Å². The van der Waals surface area contributed by atoms with E-state index in [1.165, 1.54) is 0 Å². The number of H-pyrrole nitrogens is 1. The molecule has 3 rings (SSSR count). The third kappa shape index (κ3) is 4.38. The van der Waals surface area contributed by atoms with Crippen molar-refractivity contribution in [2.75, 3.05) is 13.2 Å². The molecular formula is C21H23ClN2O2. The number of carbonyl (C=O) groups excluding carboxylic acids is 1. The minimum Gasteiger partial charge on any atom is -0.493 e. The third-order valence-corrected chi connectivity index (χ3v) is 4.68. The molecule has 0 radical (unpaired) electrons. The quantitative estimate of drug-likeness (QED) is 0.634. The maximum atomic E-state index is 12.1. The van der Waals surface area contributed by atoms with Gasteiger partial charge in [-0.15, -0.1) is 0 Å². The summed E-state index contributed by atoms with van der Waals surface area (Å²) in [6.45, 7) is 5.12. The highest BCUT2D eigenvalue weighted by Gasteiger charge is 2.24. The molecule has 0 bridgehead atoms. The molecule has 4 nitrogen and oxygen atoms in total. The highest BCUT2D eigenvalue weighted by atomic mass is 35.5. The predicted octanol–water partition coefficient (Wildman–Crippen LogP) is 4.68. The summed E-state index contributed by atoms with van der Waals surface area (Å²) in [4.78, 5) is 15.4. The molecule has 1 heterocycles. The Morgan fingerprint density at radius 1 is 1.19 bits per heavy atom. The molecule has 0 aliphatic carbocycles. The molecule has 5 heteroatoms. The second-order valence-corrected chi connectivity index (χ2v) is 7.40. The summed E-state index contributed by atoms with van der Waals surface area (Å²) in [6.07, 6.45) is 2.32. The Hall–Kier alpha value is -2.46. The molecule has 2 aromatic carbocycles. The van der Waals surface area contributed by atoms with Crippen molar-refractivity contribution in [3.05, 3.63) is 65.3 Å². The number of halogens is 1. The molecular weight excluding hydrogens is 348 g/mol. The molecule has 0 atom stereocenters. The Bertz CT molecular complexity index is 887. The van der Waals surface area contributed by atoms with Crippen LogP contribution in [0.3, 0.4) is 0 Å². The van der Waals surface area contributed by atoms with Crippen LogP contribution in [0.5, 0.6) is 5.75 Å². The van der Waals surface area contributed by atoms with Gasteiger partial charge in [-0.1, -0.05) is 43.6 Å². The van der Waals surface area contributed by atoms with Gasteiger partial charge in [0, 0.05) is 34.1 Å². The fraction of sp³-hybridized carbons (Fsp3) is 0.286. The molecule has 1 aromatic heterocycles. The zero-order chi connectivity index (χ0) is 18.6. The summed E-state index contributed by atoms with van der Waals surface area (Å²) in [5.74, 6) is 0.753. The summed E-state index contributed by atoms with van der Waals surface area (Å²) in [7, 11) is 0. The highest BCUT2D eigenvalue weighted by molar-refractivity contribution is 6.31. The lowest BCUT2D eigenvalue weighted by Crippen LogP contribution is -2.37. The Balaban J connectivity index is 1.55. The molecule has 136 valence electrons. The van der Waals surface area contributed by atoms with Gasteiger partial charge in [-0.25, -0.2) is 0 Å². The van der Waals surface area contributed by atoms with Crippen molar-refractivity contribution in [1.29, 1.82) is 0 Å². The largest absolute Gasteiger partial charge is 0.493 e. The van der Waals surface area contributed by atoms with Crippen molar-refractivity contribution >= 4 is 28.4 Å². The fourth-order valence-electron chi connectivity index (χ4n) is 2.93. The lowest BCUT2D eigenvalue weighted by atomic mass is 9.84. The first-order valence-corrected chi connectivity index (χ1v) is 9.05.